The Morgan fingerprint density at radius 3 is 1.90 bits per heavy atom. The average Bonchev–Trinajstić information content (AvgIpc) is 2.88. The average molecular weight is 613 g/mol. The lowest BCUT2D eigenvalue weighted by Crippen LogP contribution is -2.38. The number of alkyl halides is 9. The minimum absolute atomic E-state index is 0.00214. The van der Waals surface area contributed by atoms with Gasteiger partial charge in [0.2, 0.25) is 5.96 Å². The number of nitrogens with two attached hydrogens (primary N) is 1. The van der Waals surface area contributed by atoms with Crippen LogP contribution in [0.5, 0.6) is 0 Å². The second-order valence-electron chi connectivity index (χ2n) is 10.7. The van der Waals surface area contributed by atoms with Gasteiger partial charge in [0, 0.05) is 27.2 Å². The number of ether oxygens (including phenoxy) is 1. The maximum atomic E-state index is 13.8. The molecule has 14 heteroatoms. The van der Waals surface area contributed by atoms with Crippen LogP contribution in [0.25, 0.3) is 0 Å². The Kier molecular flexibility index (Phi) is 10.0. The normalized spacial score (nSPS) is 17.2. The molecule has 0 aliphatic heterocycles. The number of nitrogens with zero attached hydrogens (tertiary/aromatic N) is 2. The van der Waals surface area contributed by atoms with Crippen molar-refractivity contribution in [3.63, 3.8) is 0 Å². The summed E-state index contributed by atoms with van der Waals surface area (Å²) in [6.07, 6.45) is -11.2. The molecule has 1 aliphatic carbocycles. The molecule has 1 unspecified atom stereocenters. The van der Waals surface area contributed by atoms with Crippen molar-refractivity contribution in [2.45, 2.75) is 76.8 Å². The van der Waals surface area contributed by atoms with Gasteiger partial charge in [0.15, 0.2) is 0 Å². The third kappa shape index (κ3) is 8.01. The van der Waals surface area contributed by atoms with Gasteiger partial charge in [-0.15, -0.1) is 5.10 Å². The number of methoxy groups -OCH3 is 1. The number of nitrogens with one attached hydrogen (secondary N) is 1. The summed E-state index contributed by atoms with van der Waals surface area (Å²) in [5.41, 5.74) is 4.08. The largest absolute Gasteiger partial charge is 0.416 e. The first-order valence-corrected chi connectivity index (χ1v) is 13.1. The highest BCUT2D eigenvalue weighted by Gasteiger charge is 2.40. The van der Waals surface area contributed by atoms with Gasteiger partial charge in [-0.3, -0.25) is 0 Å². The van der Waals surface area contributed by atoms with E-state index in [0.29, 0.717) is 17.7 Å². The Balaban J connectivity index is 2.15. The topological polar surface area (TPSA) is 62.9 Å². The second kappa shape index (κ2) is 12.6. The fourth-order valence-corrected chi connectivity index (χ4v) is 5.52. The molecular formula is C28H33F9N4O. The van der Waals surface area contributed by atoms with Crippen molar-refractivity contribution in [1.29, 1.82) is 0 Å². The second-order valence-corrected chi connectivity index (χ2v) is 10.7. The van der Waals surface area contributed by atoms with Crippen molar-refractivity contribution >= 4 is 5.96 Å². The minimum Gasteiger partial charge on any atom is -0.376 e. The van der Waals surface area contributed by atoms with Gasteiger partial charge in [0.1, 0.15) is 0 Å². The first kappa shape index (κ1) is 33.3. The molecule has 5 nitrogen and oxygen atoms in total. The lowest BCUT2D eigenvalue weighted by Gasteiger charge is -2.41. The van der Waals surface area contributed by atoms with E-state index in [1.165, 1.54) is 20.2 Å². The molecule has 3 rings (SSSR count). The summed E-state index contributed by atoms with van der Waals surface area (Å²) in [7, 11) is 2.81. The van der Waals surface area contributed by atoms with Crippen LogP contribution in [0.15, 0.2) is 41.5 Å². The number of guanidine groups is 1. The molecular weight excluding hydrogens is 579 g/mol. The van der Waals surface area contributed by atoms with Crippen molar-refractivity contribution < 1.29 is 44.3 Å². The summed E-state index contributed by atoms with van der Waals surface area (Å²) >= 11 is 0. The molecule has 234 valence electrons. The molecule has 3 N–H and O–H groups in total. The number of halogens is 9. The van der Waals surface area contributed by atoms with Crippen LogP contribution in [0.4, 0.5) is 39.5 Å². The Bertz CT molecular complexity index is 1220. The van der Waals surface area contributed by atoms with Crippen molar-refractivity contribution in [2.24, 2.45) is 16.3 Å². The number of hydrazone groups is 1. The summed E-state index contributed by atoms with van der Waals surface area (Å²) < 4.78 is 128. The Hall–Kier alpha value is -3.16. The Labute approximate surface area is 237 Å². The zero-order valence-electron chi connectivity index (χ0n) is 23.3. The van der Waals surface area contributed by atoms with E-state index < -0.39 is 65.4 Å². The molecule has 0 aromatic heterocycles. The van der Waals surface area contributed by atoms with Crippen LogP contribution >= 0.6 is 0 Å². The van der Waals surface area contributed by atoms with Gasteiger partial charge in [-0.2, -0.15) is 39.5 Å². The van der Waals surface area contributed by atoms with E-state index in [1.54, 1.807) is 0 Å². The van der Waals surface area contributed by atoms with Gasteiger partial charge in [0.25, 0.3) is 0 Å². The summed E-state index contributed by atoms with van der Waals surface area (Å²) in [6.45, 7) is 0.954. The fourth-order valence-electron chi connectivity index (χ4n) is 5.52. The Morgan fingerprint density at radius 1 is 0.881 bits per heavy atom. The van der Waals surface area contributed by atoms with Crippen molar-refractivity contribution in [3.05, 3.63) is 69.8 Å². The summed E-state index contributed by atoms with van der Waals surface area (Å²) in [6, 6.07) is 4.22. The zero-order chi connectivity index (χ0) is 31.5. The molecule has 2 aromatic carbocycles. The van der Waals surface area contributed by atoms with E-state index in [-0.39, 0.29) is 17.6 Å². The molecule has 0 amide bonds. The van der Waals surface area contributed by atoms with Gasteiger partial charge in [0.05, 0.1) is 22.8 Å². The zero-order valence-corrected chi connectivity index (χ0v) is 23.3. The molecule has 0 spiro atoms. The SMILES string of the molecule is CN/N=C(\N)N(Cc1cc(C(F)(F)F)cc(C(F)(F)F)c1)Cc1cc(C(F)(F)F)ccc1C(OC)C1(C)CCCCC1. The van der Waals surface area contributed by atoms with Crippen molar-refractivity contribution in [3.8, 4) is 0 Å². The van der Waals surface area contributed by atoms with E-state index in [9.17, 15) is 39.5 Å². The number of hydrogen-bond acceptors (Lipinski definition) is 3. The van der Waals surface area contributed by atoms with Crippen LogP contribution in [0.3, 0.4) is 0 Å². The molecule has 0 saturated heterocycles. The van der Waals surface area contributed by atoms with Gasteiger partial charge in [-0.1, -0.05) is 32.3 Å². The number of benzene rings is 2. The van der Waals surface area contributed by atoms with Gasteiger partial charge >= 0.3 is 18.5 Å². The lowest BCUT2D eigenvalue weighted by molar-refractivity contribution is -0.143. The molecule has 1 saturated carbocycles. The van der Waals surface area contributed by atoms with Crippen LogP contribution < -0.4 is 11.2 Å². The summed E-state index contributed by atoms with van der Waals surface area (Å²) in [5, 5.41) is 3.80. The maximum absolute atomic E-state index is 13.8. The molecule has 1 fully saturated rings. The Morgan fingerprint density at radius 2 is 1.43 bits per heavy atom. The summed E-state index contributed by atoms with van der Waals surface area (Å²) in [4.78, 5) is 1.11. The molecule has 0 heterocycles. The van der Waals surface area contributed by atoms with E-state index in [1.807, 2.05) is 6.92 Å². The third-order valence-electron chi connectivity index (χ3n) is 7.55. The number of rotatable bonds is 8. The fraction of sp³-hybridized carbons (Fsp3) is 0.536. The number of hydrogen-bond donors (Lipinski definition) is 2. The monoisotopic (exact) mass is 612 g/mol. The molecule has 42 heavy (non-hydrogen) atoms. The highest BCUT2D eigenvalue weighted by Crippen LogP contribution is 2.49. The first-order chi connectivity index (χ1) is 19.4. The third-order valence-corrected chi connectivity index (χ3v) is 7.55. The quantitative estimate of drug-likeness (QED) is 0.138. The van der Waals surface area contributed by atoms with Gasteiger partial charge < -0.3 is 20.8 Å². The first-order valence-electron chi connectivity index (χ1n) is 13.1. The maximum Gasteiger partial charge on any atom is 0.416 e. The van der Waals surface area contributed by atoms with Gasteiger partial charge in [-0.05, 0) is 65.3 Å². The van der Waals surface area contributed by atoms with Crippen LogP contribution in [0.2, 0.25) is 0 Å². The van der Waals surface area contributed by atoms with Crippen molar-refractivity contribution in [2.75, 3.05) is 14.2 Å². The van der Waals surface area contributed by atoms with E-state index in [0.717, 1.165) is 49.1 Å². The van der Waals surface area contributed by atoms with Crippen LogP contribution in [0, 0.1) is 5.41 Å². The van der Waals surface area contributed by atoms with E-state index in [4.69, 9.17) is 10.5 Å². The highest BCUT2D eigenvalue weighted by atomic mass is 19.4. The standard InChI is InChI=1S/C28H33F9N4O/c1-25(9-5-4-6-10-25)23(42-3)22-8-7-19(26(29,30)31)13-18(22)16-41(24(38)40-39-2)15-17-11-20(27(32,33)34)14-21(12-17)28(35,36)37/h7-8,11-14,23,39H,4-6,9-10,15-16H2,1-3H3,(H2,38,40). The predicted octanol–water partition coefficient (Wildman–Crippen LogP) is 7.85. The lowest BCUT2D eigenvalue weighted by atomic mass is 9.69. The van der Waals surface area contributed by atoms with Crippen LogP contribution in [0.1, 0.15) is 78.5 Å². The highest BCUT2D eigenvalue weighted by molar-refractivity contribution is 5.78. The summed E-state index contributed by atoms with van der Waals surface area (Å²) in [5.74, 6) is -0.357. The molecule has 2 aromatic rings. The predicted molar refractivity (Wildman–Crippen MR) is 139 cm³/mol. The van der Waals surface area contributed by atoms with E-state index >= 15 is 0 Å². The van der Waals surface area contributed by atoms with Gasteiger partial charge in [-0.25, -0.2) is 0 Å². The molecule has 1 aliphatic rings. The molecule has 1 atom stereocenters. The minimum atomic E-state index is -5.08. The van der Waals surface area contributed by atoms with Crippen molar-refractivity contribution in [1.82, 2.24) is 10.3 Å². The smallest absolute Gasteiger partial charge is 0.376 e. The van der Waals surface area contributed by atoms with E-state index in [2.05, 4.69) is 10.5 Å². The molecule has 0 bridgehead atoms. The molecule has 0 radical (unpaired) electrons. The van der Waals surface area contributed by atoms with Crippen LogP contribution in [-0.2, 0) is 36.4 Å². The van der Waals surface area contributed by atoms with Crippen LogP contribution in [-0.4, -0.2) is 25.0 Å².